The standard InChI is InChI=1S/C20H34NO/c1-8-11-14-21-22-18-13-12-16(19(4,5)9-2)15-17(18)20(6,7)10-3/h12-13,15H,8-11,14H2,1-7H3. The zero-order valence-corrected chi connectivity index (χ0v) is 15.6. The third-order valence-corrected chi connectivity index (χ3v) is 5.02. The molecule has 22 heavy (non-hydrogen) atoms. The third-order valence-electron chi connectivity index (χ3n) is 5.02. The molecule has 0 unspecified atom stereocenters. The van der Waals surface area contributed by atoms with Crippen molar-refractivity contribution in [1.29, 1.82) is 0 Å². The Morgan fingerprint density at radius 3 is 2.14 bits per heavy atom. The van der Waals surface area contributed by atoms with Crippen LogP contribution < -0.4 is 10.3 Å². The predicted molar refractivity (Wildman–Crippen MR) is 95.6 cm³/mol. The van der Waals surface area contributed by atoms with E-state index in [0.29, 0.717) is 0 Å². The van der Waals surface area contributed by atoms with E-state index in [1.807, 2.05) is 0 Å². The first-order valence-corrected chi connectivity index (χ1v) is 8.77. The van der Waals surface area contributed by atoms with E-state index in [1.165, 1.54) is 11.1 Å². The van der Waals surface area contributed by atoms with Crippen LogP contribution in [0.1, 0.15) is 85.3 Å². The Labute approximate surface area is 137 Å². The van der Waals surface area contributed by atoms with Crippen molar-refractivity contribution >= 4 is 0 Å². The fraction of sp³-hybridized carbons (Fsp3) is 0.700. The molecule has 2 heteroatoms. The molecule has 0 spiro atoms. The van der Waals surface area contributed by atoms with Crippen molar-refractivity contribution in [1.82, 2.24) is 5.48 Å². The molecule has 1 rings (SSSR count). The first kappa shape index (κ1) is 19.0. The zero-order chi connectivity index (χ0) is 16.8. The molecule has 0 saturated carbocycles. The van der Waals surface area contributed by atoms with Gasteiger partial charge in [0.05, 0.1) is 6.54 Å². The number of hydroxylamine groups is 1. The van der Waals surface area contributed by atoms with Crippen LogP contribution in [0.3, 0.4) is 0 Å². The summed E-state index contributed by atoms with van der Waals surface area (Å²) in [4.78, 5) is 5.75. The molecular formula is C20H34NO. The minimum Gasteiger partial charge on any atom is -0.388 e. The highest BCUT2D eigenvalue weighted by Gasteiger charge is 2.26. The molecule has 1 aromatic rings. The van der Waals surface area contributed by atoms with E-state index in [0.717, 1.165) is 38.0 Å². The molecule has 0 fully saturated rings. The second-order valence-corrected chi connectivity index (χ2v) is 7.48. The van der Waals surface area contributed by atoms with Gasteiger partial charge in [0.1, 0.15) is 0 Å². The van der Waals surface area contributed by atoms with Crippen molar-refractivity contribution in [2.45, 2.75) is 85.0 Å². The van der Waals surface area contributed by atoms with Gasteiger partial charge in [0, 0.05) is 5.56 Å². The molecule has 0 bridgehead atoms. The van der Waals surface area contributed by atoms with E-state index >= 15 is 0 Å². The van der Waals surface area contributed by atoms with Crippen LogP contribution >= 0.6 is 0 Å². The van der Waals surface area contributed by atoms with Gasteiger partial charge in [-0.05, 0) is 47.2 Å². The molecule has 0 N–H and O–H groups in total. The van der Waals surface area contributed by atoms with Crippen LogP contribution in [0.2, 0.25) is 0 Å². The van der Waals surface area contributed by atoms with Gasteiger partial charge in [0.2, 0.25) is 0 Å². The van der Waals surface area contributed by atoms with Gasteiger partial charge in [-0.2, -0.15) is 0 Å². The van der Waals surface area contributed by atoms with Crippen LogP contribution in [0.5, 0.6) is 5.75 Å². The molecule has 0 aliphatic carbocycles. The maximum Gasteiger partial charge on any atom is 0.153 e. The molecule has 0 heterocycles. The number of hydrogen-bond donors (Lipinski definition) is 0. The van der Waals surface area contributed by atoms with Gasteiger partial charge in [-0.3, -0.25) is 0 Å². The van der Waals surface area contributed by atoms with E-state index in [-0.39, 0.29) is 10.8 Å². The summed E-state index contributed by atoms with van der Waals surface area (Å²) in [6.07, 6.45) is 4.42. The molecule has 2 nitrogen and oxygen atoms in total. The molecule has 0 atom stereocenters. The second-order valence-electron chi connectivity index (χ2n) is 7.48. The van der Waals surface area contributed by atoms with Crippen molar-refractivity contribution in [3.05, 3.63) is 29.3 Å². The Balaban J connectivity index is 3.11. The summed E-state index contributed by atoms with van der Waals surface area (Å²) < 4.78 is 0. The smallest absolute Gasteiger partial charge is 0.153 e. The fourth-order valence-corrected chi connectivity index (χ4v) is 2.29. The Hall–Kier alpha value is -1.02. The van der Waals surface area contributed by atoms with Crippen molar-refractivity contribution in [2.75, 3.05) is 6.54 Å². The lowest BCUT2D eigenvalue weighted by Gasteiger charge is -2.30. The van der Waals surface area contributed by atoms with Gasteiger partial charge in [0.15, 0.2) is 5.75 Å². The number of nitrogens with zero attached hydrogens (tertiary/aromatic N) is 1. The van der Waals surface area contributed by atoms with Crippen molar-refractivity contribution < 1.29 is 4.84 Å². The van der Waals surface area contributed by atoms with Crippen LogP contribution in [0.15, 0.2) is 18.2 Å². The lowest BCUT2D eigenvalue weighted by atomic mass is 9.76. The highest BCUT2D eigenvalue weighted by atomic mass is 16.6. The number of hydrogen-bond acceptors (Lipinski definition) is 1. The molecule has 1 aromatic carbocycles. The highest BCUT2D eigenvalue weighted by Crippen LogP contribution is 2.38. The van der Waals surface area contributed by atoms with Gasteiger partial charge in [-0.15, -0.1) is 0 Å². The van der Waals surface area contributed by atoms with E-state index in [1.54, 1.807) is 0 Å². The summed E-state index contributed by atoms with van der Waals surface area (Å²) in [5, 5.41) is 0. The van der Waals surface area contributed by atoms with Crippen LogP contribution in [0, 0.1) is 0 Å². The summed E-state index contributed by atoms with van der Waals surface area (Å²) in [5.74, 6) is 0.915. The average molecular weight is 304 g/mol. The second kappa shape index (κ2) is 8.01. The summed E-state index contributed by atoms with van der Waals surface area (Å²) >= 11 is 0. The monoisotopic (exact) mass is 304 g/mol. The van der Waals surface area contributed by atoms with Crippen LogP contribution in [0.4, 0.5) is 0 Å². The maximum atomic E-state index is 5.75. The van der Waals surface area contributed by atoms with Crippen LogP contribution in [-0.4, -0.2) is 6.54 Å². The largest absolute Gasteiger partial charge is 0.388 e. The summed E-state index contributed by atoms with van der Waals surface area (Å²) in [5.41, 5.74) is 7.19. The van der Waals surface area contributed by atoms with Gasteiger partial charge >= 0.3 is 0 Å². The molecular weight excluding hydrogens is 270 g/mol. The van der Waals surface area contributed by atoms with Gasteiger partial charge in [-0.25, -0.2) is 0 Å². The molecule has 0 saturated heterocycles. The first-order chi connectivity index (χ1) is 10.3. The van der Waals surface area contributed by atoms with Crippen molar-refractivity contribution in [3.8, 4) is 5.75 Å². The normalized spacial score (nSPS) is 12.5. The molecule has 1 radical (unpaired) electrons. The quantitative estimate of drug-likeness (QED) is 0.420. The van der Waals surface area contributed by atoms with Crippen LogP contribution in [-0.2, 0) is 10.8 Å². The Bertz CT molecular complexity index is 463. The molecule has 125 valence electrons. The zero-order valence-electron chi connectivity index (χ0n) is 15.6. The first-order valence-electron chi connectivity index (χ1n) is 8.77. The van der Waals surface area contributed by atoms with Gasteiger partial charge in [0.25, 0.3) is 0 Å². The Morgan fingerprint density at radius 1 is 0.955 bits per heavy atom. The topological polar surface area (TPSA) is 23.3 Å². The van der Waals surface area contributed by atoms with E-state index in [2.05, 4.69) is 72.1 Å². The Morgan fingerprint density at radius 2 is 1.59 bits per heavy atom. The van der Waals surface area contributed by atoms with Crippen LogP contribution in [0.25, 0.3) is 0 Å². The maximum absolute atomic E-state index is 5.75. The Kier molecular flexibility index (Phi) is 6.93. The molecule has 0 amide bonds. The molecule has 0 aliphatic rings. The highest BCUT2D eigenvalue weighted by molar-refractivity contribution is 5.43. The van der Waals surface area contributed by atoms with E-state index in [4.69, 9.17) is 4.84 Å². The van der Waals surface area contributed by atoms with Crippen molar-refractivity contribution in [3.63, 3.8) is 0 Å². The SMILES string of the molecule is CCCC[N]Oc1ccc(C(C)(C)CC)cc1C(C)(C)CC. The molecule has 0 aromatic heterocycles. The molecule has 0 aliphatic heterocycles. The number of unbranched alkanes of at least 4 members (excludes halogenated alkanes) is 1. The number of benzene rings is 1. The van der Waals surface area contributed by atoms with Gasteiger partial charge in [-0.1, -0.05) is 67.0 Å². The third kappa shape index (κ3) is 4.74. The lowest BCUT2D eigenvalue weighted by Crippen LogP contribution is -2.22. The van der Waals surface area contributed by atoms with Crippen molar-refractivity contribution in [2.24, 2.45) is 0 Å². The summed E-state index contributed by atoms with van der Waals surface area (Å²) in [7, 11) is 0. The fourth-order valence-electron chi connectivity index (χ4n) is 2.29. The minimum absolute atomic E-state index is 0.0927. The lowest BCUT2D eigenvalue weighted by molar-refractivity contribution is 0.178. The van der Waals surface area contributed by atoms with E-state index < -0.39 is 0 Å². The number of rotatable bonds is 9. The predicted octanol–water partition coefficient (Wildman–Crippen LogP) is 5.76. The van der Waals surface area contributed by atoms with E-state index in [9.17, 15) is 0 Å². The summed E-state index contributed by atoms with van der Waals surface area (Å²) in [6, 6.07) is 6.63. The van der Waals surface area contributed by atoms with Gasteiger partial charge < -0.3 is 4.84 Å². The summed E-state index contributed by atoms with van der Waals surface area (Å²) in [6.45, 7) is 16.6. The average Bonchev–Trinajstić information content (AvgIpc) is 2.51. The minimum atomic E-state index is 0.0927.